The summed E-state index contributed by atoms with van der Waals surface area (Å²) in [5.74, 6) is -0.123. The minimum absolute atomic E-state index is 0.0186. The quantitative estimate of drug-likeness (QED) is 0.650. The predicted octanol–water partition coefficient (Wildman–Crippen LogP) is 3.51. The highest BCUT2D eigenvalue weighted by atomic mass is 16.2. The second-order valence-electron chi connectivity index (χ2n) is 7.31. The van der Waals surface area contributed by atoms with Crippen LogP contribution in [0.15, 0.2) is 66.7 Å². The zero-order valence-electron chi connectivity index (χ0n) is 17.1. The molecular formula is C24H27N3O2. The van der Waals surface area contributed by atoms with E-state index in [1.165, 1.54) is 5.39 Å². The largest absolute Gasteiger partial charge is 0.355 e. The van der Waals surface area contributed by atoms with E-state index in [0.717, 1.165) is 16.5 Å². The van der Waals surface area contributed by atoms with Crippen LogP contribution < -0.4 is 10.6 Å². The molecule has 29 heavy (non-hydrogen) atoms. The van der Waals surface area contributed by atoms with E-state index in [0.29, 0.717) is 18.7 Å². The van der Waals surface area contributed by atoms with Gasteiger partial charge >= 0.3 is 0 Å². The van der Waals surface area contributed by atoms with Crippen molar-refractivity contribution < 1.29 is 9.59 Å². The fourth-order valence-corrected chi connectivity index (χ4v) is 3.51. The van der Waals surface area contributed by atoms with Crippen molar-refractivity contribution in [3.63, 3.8) is 0 Å². The molecule has 0 bridgehead atoms. The smallest absolute Gasteiger partial charge is 0.251 e. The normalized spacial score (nSPS) is 12.0. The van der Waals surface area contributed by atoms with Crippen LogP contribution in [-0.2, 0) is 11.3 Å². The number of hydrogen-bond acceptors (Lipinski definition) is 3. The lowest BCUT2D eigenvalue weighted by atomic mass is 10.00. The zero-order chi connectivity index (χ0) is 20.8. The molecule has 0 aromatic heterocycles. The molecule has 0 saturated heterocycles. The molecule has 0 fully saturated rings. The summed E-state index contributed by atoms with van der Waals surface area (Å²) in [6, 6.07) is 21.7. The fraction of sp³-hybridized carbons (Fsp3) is 0.250. The van der Waals surface area contributed by atoms with Crippen LogP contribution in [0.4, 0.5) is 0 Å². The summed E-state index contributed by atoms with van der Waals surface area (Å²) in [4.78, 5) is 26.1. The lowest BCUT2D eigenvalue weighted by Gasteiger charge is -2.20. The number of nitrogens with one attached hydrogen (secondary N) is 2. The van der Waals surface area contributed by atoms with Crippen LogP contribution in [-0.4, -0.2) is 37.4 Å². The van der Waals surface area contributed by atoms with Gasteiger partial charge in [0.05, 0.1) is 12.6 Å². The van der Waals surface area contributed by atoms with Gasteiger partial charge < -0.3 is 10.6 Å². The first kappa shape index (κ1) is 20.6. The number of carbonyl (C=O) groups excluding carboxylic acids is 2. The molecular weight excluding hydrogens is 362 g/mol. The van der Waals surface area contributed by atoms with Crippen molar-refractivity contribution in [1.29, 1.82) is 0 Å². The molecule has 2 N–H and O–H groups in total. The molecule has 0 spiro atoms. The van der Waals surface area contributed by atoms with Crippen LogP contribution >= 0.6 is 0 Å². The van der Waals surface area contributed by atoms with E-state index < -0.39 is 0 Å². The monoisotopic (exact) mass is 389 g/mol. The number of likely N-dealkylation sites (N-methyl/N-ethyl adjacent to an activating group) is 1. The van der Waals surface area contributed by atoms with Gasteiger partial charge in [-0.2, -0.15) is 0 Å². The molecule has 0 aliphatic rings. The van der Waals surface area contributed by atoms with E-state index in [9.17, 15) is 9.59 Å². The minimum Gasteiger partial charge on any atom is -0.355 e. The molecule has 1 atom stereocenters. The number of fused-ring (bicyclic) bond motifs is 1. The van der Waals surface area contributed by atoms with Crippen molar-refractivity contribution in [2.24, 2.45) is 0 Å². The molecule has 3 rings (SSSR count). The highest BCUT2D eigenvalue weighted by Gasteiger charge is 2.14. The van der Waals surface area contributed by atoms with Gasteiger partial charge in [0.2, 0.25) is 5.91 Å². The third kappa shape index (κ3) is 5.21. The number of benzene rings is 3. The van der Waals surface area contributed by atoms with Gasteiger partial charge in [-0.3, -0.25) is 14.5 Å². The molecule has 1 unspecified atom stereocenters. The van der Waals surface area contributed by atoms with Crippen LogP contribution in [0.3, 0.4) is 0 Å². The highest BCUT2D eigenvalue weighted by molar-refractivity contribution is 5.94. The highest BCUT2D eigenvalue weighted by Crippen LogP contribution is 2.24. The van der Waals surface area contributed by atoms with Crippen LogP contribution in [0, 0.1) is 0 Å². The molecule has 0 aliphatic heterocycles. The number of amides is 2. The Bertz CT molecular complexity index is 993. The second kappa shape index (κ2) is 9.34. The summed E-state index contributed by atoms with van der Waals surface area (Å²) in [6.07, 6.45) is 0. The number of rotatable bonds is 7. The van der Waals surface area contributed by atoms with E-state index in [1.807, 2.05) is 49.2 Å². The Kier molecular flexibility index (Phi) is 6.62. The third-order valence-corrected chi connectivity index (χ3v) is 4.98. The van der Waals surface area contributed by atoms with E-state index in [1.54, 1.807) is 19.2 Å². The maximum atomic E-state index is 12.5. The molecule has 2 amide bonds. The van der Waals surface area contributed by atoms with Crippen molar-refractivity contribution >= 4 is 22.6 Å². The van der Waals surface area contributed by atoms with Gasteiger partial charge in [0.15, 0.2) is 0 Å². The van der Waals surface area contributed by atoms with E-state index >= 15 is 0 Å². The molecule has 0 radical (unpaired) electrons. The summed E-state index contributed by atoms with van der Waals surface area (Å²) < 4.78 is 0. The Morgan fingerprint density at radius 2 is 1.66 bits per heavy atom. The Balaban J connectivity index is 1.57. The van der Waals surface area contributed by atoms with E-state index in [2.05, 4.69) is 34.9 Å². The number of hydrogen-bond donors (Lipinski definition) is 2. The average molecular weight is 389 g/mol. The number of nitrogens with zero attached hydrogens (tertiary/aromatic N) is 1. The van der Waals surface area contributed by atoms with Gasteiger partial charge in [-0.05, 0) is 48.0 Å². The summed E-state index contributed by atoms with van der Waals surface area (Å²) in [5, 5.41) is 8.04. The van der Waals surface area contributed by atoms with Crippen LogP contribution in [0.2, 0.25) is 0 Å². The van der Waals surface area contributed by atoms with Gasteiger partial charge in [-0.15, -0.1) is 0 Å². The Morgan fingerprint density at radius 3 is 2.38 bits per heavy atom. The summed E-state index contributed by atoms with van der Waals surface area (Å²) in [7, 11) is 3.52. The zero-order valence-corrected chi connectivity index (χ0v) is 17.1. The van der Waals surface area contributed by atoms with Crippen molar-refractivity contribution in [3.8, 4) is 0 Å². The second-order valence-corrected chi connectivity index (χ2v) is 7.31. The van der Waals surface area contributed by atoms with Crippen molar-refractivity contribution in [3.05, 3.63) is 83.4 Å². The Morgan fingerprint density at radius 1 is 0.966 bits per heavy atom. The average Bonchev–Trinajstić information content (AvgIpc) is 2.73. The van der Waals surface area contributed by atoms with E-state index in [4.69, 9.17) is 0 Å². The van der Waals surface area contributed by atoms with Crippen molar-refractivity contribution in [2.45, 2.75) is 19.5 Å². The minimum atomic E-state index is -0.105. The lowest BCUT2D eigenvalue weighted by molar-refractivity contribution is -0.122. The maximum Gasteiger partial charge on any atom is 0.251 e. The van der Waals surface area contributed by atoms with Crippen molar-refractivity contribution in [1.82, 2.24) is 15.5 Å². The first-order valence-electron chi connectivity index (χ1n) is 9.74. The van der Waals surface area contributed by atoms with Crippen molar-refractivity contribution in [2.75, 3.05) is 20.6 Å². The molecule has 0 heterocycles. The molecule has 0 saturated carbocycles. The summed E-state index contributed by atoms with van der Waals surface area (Å²) >= 11 is 0. The molecule has 5 heteroatoms. The standard InChI is InChI=1S/C24H27N3O2/c1-17(21-10-6-8-19-7-4-5-9-22(19)21)26-23(28)16-27(3)15-18-11-13-20(14-12-18)24(29)25-2/h4-14,17H,15-16H2,1-3H3,(H,25,29)(H,26,28). The SMILES string of the molecule is CNC(=O)c1ccc(CN(C)CC(=O)NC(C)c2cccc3ccccc23)cc1. The topological polar surface area (TPSA) is 61.4 Å². The fourth-order valence-electron chi connectivity index (χ4n) is 3.51. The molecule has 150 valence electrons. The summed E-state index contributed by atoms with van der Waals surface area (Å²) in [6.45, 7) is 2.94. The van der Waals surface area contributed by atoms with Gasteiger partial charge in [0.25, 0.3) is 5.91 Å². The first-order valence-corrected chi connectivity index (χ1v) is 9.74. The number of carbonyl (C=O) groups is 2. The maximum absolute atomic E-state index is 12.5. The first-order chi connectivity index (χ1) is 14.0. The van der Waals surface area contributed by atoms with Crippen LogP contribution in [0.1, 0.15) is 34.5 Å². The van der Waals surface area contributed by atoms with Crippen LogP contribution in [0.25, 0.3) is 10.8 Å². The predicted molar refractivity (Wildman–Crippen MR) is 117 cm³/mol. The molecule has 5 nitrogen and oxygen atoms in total. The molecule has 0 aliphatic carbocycles. The molecule has 3 aromatic carbocycles. The Labute approximate surface area is 171 Å². The van der Waals surface area contributed by atoms with E-state index in [-0.39, 0.29) is 17.9 Å². The van der Waals surface area contributed by atoms with Gasteiger partial charge in [0, 0.05) is 19.2 Å². The third-order valence-electron chi connectivity index (χ3n) is 4.98. The summed E-state index contributed by atoms with van der Waals surface area (Å²) in [5.41, 5.74) is 2.79. The van der Waals surface area contributed by atoms with Gasteiger partial charge in [-0.25, -0.2) is 0 Å². The van der Waals surface area contributed by atoms with Crippen LogP contribution in [0.5, 0.6) is 0 Å². The van der Waals surface area contributed by atoms with Gasteiger partial charge in [0.1, 0.15) is 0 Å². The van der Waals surface area contributed by atoms with Gasteiger partial charge in [-0.1, -0.05) is 54.6 Å². The molecule has 3 aromatic rings. The Hall–Kier alpha value is -3.18. The lowest BCUT2D eigenvalue weighted by Crippen LogP contribution is -2.36.